The van der Waals surface area contributed by atoms with Crippen LogP contribution in [0.3, 0.4) is 0 Å². The highest BCUT2D eigenvalue weighted by atomic mass is 32.2. The lowest BCUT2D eigenvalue weighted by Crippen LogP contribution is -1.82. The van der Waals surface area contributed by atoms with Crippen LogP contribution in [0, 0.1) is 6.20 Å². The van der Waals surface area contributed by atoms with Crippen molar-refractivity contribution < 1.29 is 0 Å². The molecule has 0 amide bonds. The zero-order valence-corrected chi connectivity index (χ0v) is 12.9. The lowest BCUT2D eigenvalue weighted by atomic mass is 10.1. The van der Waals surface area contributed by atoms with Crippen molar-refractivity contribution in [2.24, 2.45) is 0 Å². The Kier molecular flexibility index (Phi) is 3.33. The summed E-state index contributed by atoms with van der Waals surface area (Å²) in [6.45, 7) is 0. The Bertz CT molecular complexity index is 786. The summed E-state index contributed by atoms with van der Waals surface area (Å²) in [4.78, 5) is 9.45. The van der Waals surface area contributed by atoms with Crippen molar-refractivity contribution in [2.45, 2.75) is 5.75 Å². The van der Waals surface area contributed by atoms with Crippen LogP contribution in [0.4, 0.5) is 0 Å². The van der Waals surface area contributed by atoms with Crippen LogP contribution >= 0.6 is 22.2 Å². The zero-order valence-electron chi connectivity index (χ0n) is 11.2. The molecule has 3 aromatic rings. The first-order valence-corrected chi connectivity index (χ1v) is 9.19. The second-order valence-corrected chi connectivity index (χ2v) is 7.86. The summed E-state index contributed by atoms with van der Waals surface area (Å²) in [5.41, 5.74) is 3.60. The summed E-state index contributed by atoms with van der Waals surface area (Å²) < 4.78 is 1.02. The largest absolute Gasteiger partial charge is 0.235 e. The molecule has 0 fully saturated rings. The maximum Gasteiger partial charge on any atom is 0.116 e. The highest BCUT2D eigenvalue weighted by molar-refractivity contribution is 8.21. The van der Waals surface area contributed by atoms with Crippen LogP contribution in [0.1, 0.15) is 5.56 Å². The molecule has 0 N–H and O–H groups in total. The molecule has 1 aliphatic heterocycles. The molecule has 0 bridgehead atoms. The molecular formula is C17H13N2S2. The lowest BCUT2D eigenvalue weighted by molar-refractivity contribution is 1.22. The van der Waals surface area contributed by atoms with Crippen molar-refractivity contribution >= 4 is 32.4 Å². The van der Waals surface area contributed by atoms with E-state index in [1.165, 1.54) is 16.0 Å². The maximum atomic E-state index is 4.27. The molecular weight excluding hydrogens is 296 g/mol. The summed E-state index contributed by atoms with van der Waals surface area (Å²) in [6, 6.07) is 11.0. The molecule has 0 saturated heterocycles. The molecule has 2 nitrogen and oxygen atoms in total. The van der Waals surface area contributed by atoms with E-state index >= 15 is 0 Å². The van der Waals surface area contributed by atoms with Crippen LogP contribution in [-0.4, -0.2) is 9.97 Å². The van der Waals surface area contributed by atoms with Gasteiger partial charge >= 0.3 is 0 Å². The molecule has 0 saturated carbocycles. The number of hydrogen-bond acceptors (Lipinski definition) is 3. The van der Waals surface area contributed by atoms with Crippen molar-refractivity contribution in [1.82, 2.24) is 9.97 Å². The summed E-state index contributed by atoms with van der Waals surface area (Å²) in [7, 11) is -0.0834. The summed E-state index contributed by atoms with van der Waals surface area (Å²) in [5, 5.41) is 4.62. The summed E-state index contributed by atoms with van der Waals surface area (Å²) in [5.74, 6) is 1.13. The van der Waals surface area contributed by atoms with Gasteiger partial charge in [-0.2, -0.15) is 0 Å². The second kappa shape index (κ2) is 5.47. The molecule has 1 aliphatic rings. The van der Waals surface area contributed by atoms with Crippen LogP contribution in [0.15, 0.2) is 59.6 Å². The minimum atomic E-state index is -0.0834. The number of fused-ring (bicyclic) bond motifs is 1. The molecule has 0 aliphatic carbocycles. The Morgan fingerprint density at radius 2 is 1.90 bits per heavy atom. The number of rotatable bonds is 3. The Labute approximate surface area is 130 Å². The van der Waals surface area contributed by atoms with Gasteiger partial charge in [-0.05, 0) is 28.0 Å². The van der Waals surface area contributed by atoms with E-state index in [9.17, 15) is 0 Å². The predicted octanol–water partition coefficient (Wildman–Crippen LogP) is 4.70. The van der Waals surface area contributed by atoms with Gasteiger partial charge in [0, 0.05) is 10.6 Å². The number of thiophene rings is 1. The Hall–Kier alpha value is -1.91. The number of hydrogen-bond donors (Lipinski definition) is 1. The van der Waals surface area contributed by atoms with Crippen molar-refractivity contribution in [2.75, 3.05) is 0 Å². The first kappa shape index (κ1) is 12.8. The quantitative estimate of drug-likeness (QED) is 0.710. The van der Waals surface area contributed by atoms with Gasteiger partial charge in [0.2, 0.25) is 0 Å². The number of allylic oxidation sites excluding steroid dienone is 2. The SMILES string of the molecule is [c]1ncnc2cc(-c3ccc(C[SH]4C=CC=C4)cc3)sc12. The van der Waals surface area contributed by atoms with Crippen molar-refractivity contribution in [3.05, 3.63) is 71.4 Å². The summed E-state index contributed by atoms with van der Waals surface area (Å²) in [6.07, 6.45) is 8.84. The van der Waals surface area contributed by atoms with Gasteiger partial charge in [0.15, 0.2) is 0 Å². The number of benzene rings is 1. The molecule has 0 spiro atoms. The van der Waals surface area contributed by atoms with Crippen LogP contribution in [0.5, 0.6) is 0 Å². The van der Waals surface area contributed by atoms with Gasteiger partial charge in [-0.3, -0.25) is 0 Å². The molecule has 4 heteroatoms. The molecule has 103 valence electrons. The topological polar surface area (TPSA) is 25.8 Å². The van der Waals surface area contributed by atoms with E-state index in [1.54, 1.807) is 17.7 Å². The average Bonchev–Trinajstić information content (AvgIpc) is 3.16. The predicted molar refractivity (Wildman–Crippen MR) is 92.7 cm³/mol. The van der Waals surface area contributed by atoms with Gasteiger partial charge in [0.1, 0.15) is 12.5 Å². The van der Waals surface area contributed by atoms with Crippen LogP contribution in [0.25, 0.3) is 20.7 Å². The minimum absolute atomic E-state index is 0.0834. The first-order chi connectivity index (χ1) is 10.4. The monoisotopic (exact) mass is 309 g/mol. The number of nitrogens with zero attached hydrogens (tertiary/aromatic N) is 2. The maximum absolute atomic E-state index is 4.27. The van der Waals surface area contributed by atoms with Gasteiger partial charge in [-0.25, -0.2) is 20.9 Å². The minimum Gasteiger partial charge on any atom is -0.235 e. The molecule has 3 heterocycles. The Morgan fingerprint density at radius 3 is 2.67 bits per heavy atom. The first-order valence-electron chi connectivity index (χ1n) is 6.71. The van der Waals surface area contributed by atoms with Gasteiger partial charge in [0.25, 0.3) is 0 Å². The van der Waals surface area contributed by atoms with E-state index in [0.717, 1.165) is 16.0 Å². The smallest absolute Gasteiger partial charge is 0.116 e. The van der Waals surface area contributed by atoms with E-state index in [0.29, 0.717) is 0 Å². The molecule has 0 atom stereocenters. The third kappa shape index (κ3) is 2.64. The van der Waals surface area contributed by atoms with Gasteiger partial charge < -0.3 is 0 Å². The molecule has 1 aromatic carbocycles. The van der Waals surface area contributed by atoms with Crippen LogP contribution in [0.2, 0.25) is 0 Å². The molecule has 1 radical (unpaired) electrons. The third-order valence-corrected chi connectivity index (χ3v) is 6.32. The second-order valence-electron chi connectivity index (χ2n) is 4.86. The molecule has 2 aromatic heterocycles. The van der Waals surface area contributed by atoms with Crippen molar-refractivity contribution in [3.63, 3.8) is 0 Å². The van der Waals surface area contributed by atoms with Crippen LogP contribution < -0.4 is 0 Å². The molecule has 21 heavy (non-hydrogen) atoms. The number of aromatic nitrogens is 2. The molecule has 4 rings (SSSR count). The van der Waals surface area contributed by atoms with Gasteiger partial charge in [-0.1, -0.05) is 36.4 Å². The van der Waals surface area contributed by atoms with E-state index in [-0.39, 0.29) is 10.9 Å². The fourth-order valence-corrected chi connectivity index (χ4v) is 4.88. The van der Waals surface area contributed by atoms with E-state index in [2.05, 4.69) is 69.5 Å². The fourth-order valence-electron chi connectivity index (χ4n) is 2.34. The third-order valence-electron chi connectivity index (χ3n) is 3.40. The van der Waals surface area contributed by atoms with Gasteiger partial charge in [-0.15, -0.1) is 11.3 Å². The Balaban J connectivity index is 1.60. The van der Waals surface area contributed by atoms with Crippen LogP contribution in [-0.2, 0) is 5.75 Å². The highest BCUT2D eigenvalue weighted by Crippen LogP contribution is 2.37. The number of thiol groups is 1. The van der Waals surface area contributed by atoms with Gasteiger partial charge in [0.05, 0.1) is 10.2 Å². The standard InChI is InChI=1S/C17H13N2S2/c1-2-8-21(7-1)11-13-3-5-14(6-4-13)16-9-15-17(20-16)10-18-12-19-15/h1-9,12,21H,11H2. The van der Waals surface area contributed by atoms with Crippen molar-refractivity contribution in [1.29, 1.82) is 0 Å². The van der Waals surface area contributed by atoms with E-state index in [1.807, 2.05) is 0 Å². The lowest BCUT2D eigenvalue weighted by Gasteiger charge is -2.10. The normalized spacial score (nSPS) is 15.1. The average molecular weight is 309 g/mol. The summed E-state index contributed by atoms with van der Waals surface area (Å²) >= 11 is 1.69. The van der Waals surface area contributed by atoms with Crippen molar-refractivity contribution in [3.8, 4) is 10.4 Å². The molecule has 0 unspecified atom stereocenters. The zero-order chi connectivity index (χ0) is 14.1. The Morgan fingerprint density at radius 1 is 1.10 bits per heavy atom. The highest BCUT2D eigenvalue weighted by Gasteiger charge is 2.06. The fraction of sp³-hybridized carbons (Fsp3) is 0.0588. The van der Waals surface area contributed by atoms with E-state index in [4.69, 9.17) is 0 Å². The van der Waals surface area contributed by atoms with E-state index < -0.39 is 0 Å².